The molecule has 0 saturated heterocycles. The number of hydrogen-bond acceptors (Lipinski definition) is 4. The van der Waals surface area contributed by atoms with Gasteiger partial charge in [-0.3, -0.25) is 9.48 Å². The summed E-state index contributed by atoms with van der Waals surface area (Å²) < 4.78 is 7.33. The van der Waals surface area contributed by atoms with Gasteiger partial charge in [0.05, 0.1) is 6.04 Å². The van der Waals surface area contributed by atoms with Crippen molar-refractivity contribution >= 4 is 24.0 Å². The molecular weight excluding hydrogens is 328 g/mol. The van der Waals surface area contributed by atoms with Crippen molar-refractivity contribution in [1.82, 2.24) is 9.78 Å². The van der Waals surface area contributed by atoms with Crippen LogP contribution in [0, 0.1) is 0 Å². The Morgan fingerprint density at radius 2 is 1.96 bits per heavy atom. The highest BCUT2D eigenvalue weighted by molar-refractivity contribution is 6.02. The molecular formula is C17H23ClN4O2. The summed E-state index contributed by atoms with van der Waals surface area (Å²) in [6.07, 6.45) is 6.67. The molecule has 1 aliphatic carbocycles. The highest BCUT2D eigenvalue weighted by Gasteiger charge is 2.19. The number of anilines is 1. The van der Waals surface area contributed by atoms with Gasteiger partial charge in [0.1, 0.15) is 12.4 Å². The highest BCUT2D eigenvalue weighted by atomic mass is 35.5. The van der Waals surface area contributed by atoms with Gasteiger partial charge in [0.2, 0.25) is 0 Å². The Balaban J connectivity index is 0.00000208. The summed E-state index contributed by atoms with van der Waals surface area (Å²) >= 11 is 0. The lowest BCUT2D eigenvalue weighted by molar-refractivity contribution is 0.102. The molecule has 2 aromatic rings. The number of carbonyl (C=O) groups is 1. The van der Waals surface area contributed by atoms with Crippen molar-refractivity contribution in [2.45, 2.75) is 31.7 Å². The fraction of sp³-hybridized carbons (Fsp3) is 0.412. The number of carbonyl (C=O) groups excluding carboxylic acids is 1. The molecule has 6 nitrogen and oxygen atoms in total. The van der Waals surface area contributed by atoms with Crippen LogP contribution in [0.5, 0.6) is 5.75 Å². The summed E-state index contributed by atoms with van der Waals surface area (Å²) in [6, 6.07) is 9.43. The van der Waals surface area contributed by atoms with Gasteiger partial charge in [0.25, 0.3) is 5.91 Å². The molecule has 24 heavy (non-hydrogen) atoms. The van der Waals surface area contributed by atoms with Gasteiger partial charge in [0, 0.05) is 18.4 Å². The fourth-order valence-corrected chi connectivity index (χ4v) is 2.84. The van der Waals surface area contributed by atoms with Gasteiger partial charge in [-0.15, -0.1) is 12.4 Å². The Morgan fingerprint density at radius 3 is 2.62 bits per heavy atom. The quantitative estimate of drug-likeness (QED) is 0.839. The third kappa shape index (κ3) is 4.49. The lowest BCUT2D eigenvalue weighted by atomic mass is 10.3. The Kier molecular flexibility index (Phi) is 6.63. The highest BCUT2D eigenvalue weighted by Crippen LogP contribution is 2.28. The topological polar surface area (TPSA) is 82.2 Å². The monoisotopic (exact) mass is 350 g/mol. The molecule has 1 aromatic heterocycles. The number of halogens is 1. The molecule has 7 heteroatoms. The molecule has 0 aliphatic heterocycles. The van der Waals surface area contributed by atoms with E-state index in [1.807, 2.05) is 23.0 Å². The molecule has 3 rings (SSSR count). The maximum atomic E-state index is 12.3. The molecule has 0 radical (unpaired) electrons. The molecule has 130 valence electrons. The Labute approximate surface area is 147 Å². The van der Waals surface area contributed by atoms with Crippen LogP contribution in [0.25, 0.3) is 0 Å². The molecule has 3 N–H and O–H groups in total. The van der Waals surface area contributed by atoms with Crippen molar-refractivity contribution in [1.29, 1.82) is 0 Å². The van der Waals surface area contributed by atoms with Crippen molar-refractivity contribution in [3.63, 3.8) is 0 Å². The van der Waals surface area contributed by atoms with Crippen molar-refractivity contribution in [3.8, 4) is 5.75 Å². The molecule has 1 heterocycles. The van der Waals surface area contributed by atoms with Crippen molar-refractivity contribution in [2.75, 3.05) is 18.5 Å². The standard InChI is InChI=1S/C17H22N4O2.ClH/c18-10-12-23-15-7-5-13(6-8-15)19-17(22)16-9-11-21(20-16)14-3-1-2-4-14;/h5-9,11,14H,1-4,10,12,18H2,(H,19,22);1H. The number of nitrogens with zero attached hydrogens (tertiary/aromatic N) is 2. The van der Waals surface area contributed by atoms with Crippen molar-refractivity contribution in [3.05, 3.63) is 42.2 Å². The number of hydrogen-bond donors (Lipinski definition) is 2. The minimum atomic E-state index is -0.197. The van der Waals surface area contributed by atoms with E-state index < -0.39 is 0 Å². The number of ether oxygens (including phenoxy) is 1. The maximum Gasteiger partial charge on any atom is 0.276 e. The van der Waals surface area contributed by atoms with Gasteiger partial charge < -0.3 is 15.8 Å². The maximum absolute atomic E-state index is 12.3. The number of benzene rings is 1. The molecule has 1 saturated carbocycles. The van der Waals surface area contributed by atoms with Crippen LogP contribution in [0.2, 0.25) is 0 Å². The molecule has 0 unspecified atom stereocenters. The molecule has 0 spiro atoms. The van der Waals surface area contributed by atoms with Crippen LogP contribution in [-0.4, -0.2) is 28.8 Å². The summed E-state index contributed by atoms with van der Waals surface area (Å²) in [5.41, 5.74) is 6.55. The van der Waals surface area contributed by atoms with Crippen LogP contribution >= 0.6 is 12.4 Å². The Morgan fingerprint density at radius 1 is 1.25 bits per heavy atom. The second-order valence-electron chi connectivity index (χ2n) is 5.73. The lowest BCUT2D eigenvalue weighted by Crippen LogP contribution is -2.14. The minimum absolute atomic E-state index is 0. The SMILES string of the molecule is Cl.NCCOc1ccc(NC(=O)c2ccn(C3CCCC3)n2)cc1. The largest absolute Gasteiger partial charge is 0.492 e. The van der Waals surface area contributed by atoms with E-state index in [9.17, 15) is 4.79 Å². The van der Waals surface area contributed by atoms with Gasteiger partial charge in [-0.2, -0.15) is 5.10 Å². The van der Waals surface area contributed by atoms with Gasteiger partial charge in [-0.25, -0.2) is 0 Å². The van der Waals surface area contributed by atoms with E-state index in [-0.39, 0.29) is 18.3 Å². The lowest BCUT2D eigenvalue weighted by Gasteiger charge is -2.09. The summed E-state index contributed by atoms with van der Waals surface area (Å²) in [5, 5.41) is 7.26. The Bertz CT molecular complexity index is 651. The van der Waals surface area contributed by atoms with E-state index in [1.54, 1.807) is 18.2 Å². The second kappa shape index (κ2) is 8.70. The van der Waals surface area contributed by atoms with Gasteiger partial charge in [0.15, 0.2) is 5.69 Å². The summed E-state index contributed by atoms with van der Waals surface area (Å²) in [6.45, 7) is 0.951. The van der Waals surface area contributed by atoms with Gasteiger partial charge in [-0.05, 0) is 43.2 Å². The zero-order chi connectivity index (χ0) is 16.1. The number of rotatable bonds is 6. The van der Waals surface area contributed by atoms with E-state index >= 15 is 0 Å². The van der Waals surface area contributed by atoms with Crippen LogP contribution in [0.3, 0.4) is 0 Å². The minimum Gasteiger partial charge on any atom is -0.492 e. The number of nitrogens with one attached hydrogen (secondary N) is 1. The number of amides is 1. The van der Waals surface area contributed by atoms with Crippen LogP contribution in [0.15, 0.2) is 36.5 Å². The van der Waals surface area contributed by atoms with E-state index in [1.165, 1.54) is 12.8 Å². The zero-order valence-electron chi connectivity index (χ0n) is 13.5. The summed E-state index contributed by atoms with van der Waals surface area (Å²) in [4.78, 5) is 12.3. The van der Waals surface area contributed by atoms with Gasteiger partial charge >= 0.3 is 0 Å². The molecule has 1 amide bonds. The van der Waals surface area contributed by atoms with Crippen molar-refractivity contribution < 1.29 is 9.53 Å². The second-order valence-corrected chi connectivity index (χ2v) is 5.73. The zero-order valence-corrected chi connectivity index (χ0v) is 14.3. The van der Waals surface area contributed by atoms with Crippen LogP contribution < -0.4 is 15.8 Å². The predicted octanol–water partition coefficient (Wildman–Crippen LogP) is 3.01. The smallest absolute Gasteiger partial charge is 0.276 e. The Hall–Kier alpha value is -2.05. The first-order chi connectivity index (χ1) is 11.3. The molecule has 1 aromatic carbocycles. The molecule has 0 atom stereocenters. The van der Waals surface area contributed by atoms with E-state index in [2.05, 4.69) is 10.4 Å². The summed E-state index contributed by atoms with van der Waals surface area (Å²) in [7, 11) is 0. The van der Waals surface area contributed by atoms with Crippen molar-refractivity contribution in [2.24, 2.45) is 5.73 Å². The van der Waals surface area contributed by atoms with Gasteiger partial charge in [-0.1, -0.05) is 12.8 Å². The first kappa shape index (κ1) is 18.3. The summed E-state index contributed by atoms with van der Waals surface area (Å²) in [5.74, 6) is 0.538. The molecule has 0 bridgehead atoms. The fourth-order valence-electron chi connectivity index (χ4n) is 2.84. The molecule has 1 aliphatic rings. The third-order valence-electron chi connectivity index (χ3n) is 4.04. The van der Waals surface area contributed by atoms with Crippen LogP contribution in [0.1, 0.15) is 42.2 Å². The van der Waals surface area contributed by atoms with E-state index in [4.69, 9.17) is 10.5 Å². The molecule has 1 fully saturated rings. The van der Waals surface area contributed by atoms with E-state index in [0.717, 1.165) is 18.6 Å². The number of aromatic nitrogens is 2. The third-order valence-corrected chi connectivity index (χ3v) is 4.04. The van der Waals surface area contributed by atoms with Crippen LogP contribution in [0.4, 0.5) is 5.69 Å². The van der Waals surface area contributed by atoms with E-state index in [0.29, 0.717) is 30.6 Å². The average Bonchev–Trinajstić information content (AvgIpc) is 3.25. The first-order valence-electron chi connectivity index (χ1n) is 8.06. The average molecular weight is 351 g/mol. The normalized spacial score (nSPS) is 14.2. The predicted molar refractivity (Wildman–Crippen MR) is 95.9 cm³/mol. The first-order valence-corrected chi connectivity index (χ1v) is 8.06. The van der Waals surface area contributed by atoms with Crippen LogP contribution in [-0.2, 0) is 0 Å². The number of nitrogens with two attached hydrogens (primary N) is 1.